The molecular formula is C23H42N4O3S. The first kappa shape index (κ1) is 27.5. The van der Waals surface area contributed by atoms with E-state index in [1.165, 1.54) is 57.8 Å². The Labute approximate surface area is 189 Å². The summed E-state index contributed by atoms with van der Waals surface area (Å²) in [6.07, 6.45) is 16.8. The summed E-state index contributed by atoms with van der Waals surface area (Å²) in [6.45, 7) is 6.33. The number of nitrogens with one attached hydrogen (secondary N) is 1. The molecule has 0 spiro atoms. The van der Waals surface area contributed by atoms with Crippen molar-refractivity contribution in [2.75, 3.05) is 12.3 Å². The van der Waals surface area contributed by atoms with Crippen molar-refractivity contribution in [2.45, 2.75) is 110 Å². The number of allylic oxidation sites excluding steroid dienone is 1. The Hall–Kier alpha value is -1.57. The molecule has 0 aromatic carbocycles. The van der Waals surface area contributed by atoms with Gasteiger partial charge >= 0.3 is 0 Å². The quantitative estimate of drug-likeness (QED) is 0.178. The van der Waals surface area contributed by atoms with Gasteiger partial charge in [0.2, 0.25) is 15.9 Å². The van der Waals surface area contributed by atoms with Gasteiger partial charge in [-0.25, -0.2) is 8.42 Å². The molecule has 8 heteroatoms. The minimum absolute atomic E-state index is 0.0193. The smallest absolute Gasteiger partial charge is 0.234 e. The summed E-state index contributed by atoms with van der Waals surface area (Å²) in [4.78, 5) is 11.8. The summed E-state index contributed by atoms with van der Waals surface area (Å²) >= 11 is 0. The maximum atomic E-state index is 11.8. The van der Waals surface area contributed by atoms with E-state index < -0.39 is 10.0 Å². The topological polar surface area (TPSA) is 100 Å². The molecule has 1 amide bonds. The molecule has 7 nitrogen and oxygen atoms in total. The van der Waals surface area contributed by atoms with Gasteiger partial charge in [-0.3, -0.25) is 9.52 Å². The minimum Gasteiger partial charge on any atom is -0.274 e. The van der Waals surface area contributed by atoms with Gasteiger partial charge in [0.05, 0.1) is 11.5 Å². The third-order valence-electron chi connectivity index (χ3n) is 5.41. The molecule has 31 heavy (non-hydrogen) atoms. The highest BCUT2D eigenvalue weighted by molar-refractivity contribution is 7.90. The molecule has 0 aromatic rings. The number of rotatable bonds is 20. The van der Waals surface area contributed by atoms with E-state index in [1.54, 1.807) is 0 Å². The molecule has 0 saturated carbocycles. The fourth-order valence-corrected chi connectivity index (χ4v) is 4.67. The molecule has 0 radical (unpaired) electrons. The number of sulfonamides is 1. The normalized spacial score (nSPS) is 13.4. The average molecular weight is 455 g/mol. The highest BCUT2D eigenvalue weighted by atomic mass is 32.2. The second-order valence-electron chi connectivity index (χ2n) is 8.70. The third kappa shape index (κ3) is 16.8. The van der Waals surface area contributed by atoms with Gasteiger partial charge in [0.1, 0.15) is 6.54 Å². The van der Waals surface area contributed by atoms with Crippen LogP contribution in [-0.2, 0) is 14.8 Å². The van der Waals surface area contributed by atoms with Crippen LogP contribution in [0.3, 0.4) is 0 Å². The molecule has 1 heterocycles. The van der Waals surface area contributed by atoms with Crippen LogP contribution in [0, 0.1) is 0 Å². The summed E-state index contributed by atoms with van der Waals surface area (Å²) < 4.78 is 25.9. The van der Waals surface area contributed by atoms with Gasteiger partial charge in [-0.2, -0.15) is 5.11 Å². The van der Waals surface area contributed by atoms with Crippen molar-refractivity contribution in [3.05, 3.63) is 12.2 Å². The first-order valence-corrected chi connectivity index (χ1v) is 13.6. The van der Waals surface area contributed by atoms with Crippen LogP contribution in [0.2, 0.25) is 0 Å². The lowest BCUT2D eigenvalue weighted by atomic mass is 10.0. The van der Waals surface area contributed by atoms with Crippen molar-refractivity contribution < 1.29 is 13.2 Å². The van der Waals surface area contributed by atoms with Crippen LogP contribution in [0.5, 0.6) is 0 Å². The lowest BCUT2D eigenvalue weighted by molar-refractivity contribution is -0.119. The molecule has 1 rings (SSSR count). The predicted octanol–water partition coefficient (Wildman–Crippen LogP) is 6.07. The molecule has 1 aliphatic rings. The largest absolute Gasteiger partial charge is 0.274 e. The standard InChI is InChI=1S/C23H42N4O3S/c1-21(2)16-15-19-31(29,30)26-23(28)18-14-12-10-8-6-4-3-5-7-9-11-13-17-22-20-24-27-25-22/h1,3-20H2,2H3,(H,26,28). The van der Waals surface area contributed by atoms with Gasteiger partial charge in [0, 0.05) is 6.42 Å². The SMILES string of the molecule is C=C(C)CCCS(=O)(=O)NC(=O)CCCCCCCCCCCCCCC1=NN=NC1. The van der Waals surface area contributed by atoms with Crippen molar-refractivity contribution in [3.8, 4) is 0 Å². The Kier molecular flexibility index (Phi) is 15.1. The molecular weight excluding hydrogens is 412 g/mol. The van der Waals surface area contributed by atoms with E-state index >= 15 is 0 Å². The highest BCUT2D eigenvalue weighted by Gasteiger charge is 2.13. The summed E-state index contributed by atoms with van der Waals surface area (Å²) in [5.74, 6) is -0.398. The van der Waals surface area contributed by atoms with Crippen molar-refractivity contribution in [2.24, 2.45) is 15.4 Å². The zero-order valence-electron chi connectivity index (χ0n) is 19.4. The molecule has 0 saturated heterocycles. The first-order valence-electron chi connectivity index (χ1n) is 12.0. The van der Waals surface area contributed by atoms with Gasteiger partial charge in [-0.15, -0.1) is 11.7 Å². The van der Waals surface area contributed by atoms with E-state index in [0.29, 0.717) is 19.4 Å². The van der Waals surface area contributed by atoms with Crippen molar-refractivity contribution >= 4 is 21.6 Å². The predicted molar refractivity (Wildman–Crippen MR) is 128 cm³/mol. The van der Waals surface area contributed by atoms with Crippen molar-refractivity contribution in [1.29, 1.82) is 0 Å². The van der Waals surface area contributed by atoms with E-state index in [-0.39, 0.29) is 18.1 Å². The molecule has 0 aromatic heterocycles. The van der Waals surface area contributed by atoms with Crippen LogP contribution in [0.1, 0.15) is 110 Å². The summed E-state index contributed by atoms with van der Waals surface area (Å²) in [7, 11) is -3.50. The molecule has 178 valence electrons. The van der Waals surface area contributed by atoms with Crippen LogP contribution in [0.15, 0.2) is 27.6 Å². The minimum atomic E-state index is -3.50. The Balaban J connectivity index is 1.83. The molecule has 0 unspecified atom stereocenters. The average Bonchev–Trinajstić information content (AvgIpc) is 3.20. The van der Waals surface area contributed by atoms with Crippen molar-refractivity contribution in [1.82, 2.24) is 4.72 Å². The number of unbranched alkanes of at least 4 members (excludes halogenated alkanes) is 11. The molecule has 0 aliphatic carbocycles. The van der Waals surface area contributed by atoms with Crippen LogP contribution < -0.4 is 4.72 Å². The second kappa shape index (κ2) is 17.0. The van der Waals surface area contributed by atoms with Crippen LogP contribution in [0.4, 0.5) is 0 Å². The number of nitrogens with zero attached hydrogens (tertiary/aromatic N) is 3. The fraction of sp³-hybridized carbons (Fsp3) is 0.826. The highest BCUT2D eigenvalue weighted by Crippen LogP contribution is 2.14. The third-order valence-corrected chi connectivity index (χ3v) is 6.77. The first-order chi connectivity index (χ1) is 14.9. The van der Waals surface area contributed by atoms with E-state index in [9.17, 15) is 13.2 Å². The van der Waals surface area contributed by atoms with E-state index in [0.717, 1.165) is 37.0 Å². The lowest BCUT2D eigenvalue weighted by Crippen LogP contribution is -2.32. The summed E-state index contributed by atoms with van der Waals surface area (Å²) in [6, 6.07) is 0. The van der Waals surface area contributed by atoms with E-state index in [4.69, 9.17) is 0 Å². The van der Waals surface area contributed by atoms with Crippen LogP contribution in [-0.4, -0.2) is 32.3 Å². The fourth-order valence-electron chi connectivity index (χ4n) is 3.59. The molecule has 0 fully saturated rings. The van der Waals surface area contributed by atoms with E-state index in [2.05, 4.69) is 26.7 Å². The Morgan fingerprint density at radius 3 is 1.94 bits per heavy atom. The summed E-state index contributed by atoms with van der Waals surface area (Å²) in [5.41, 5.74) is 2.08. The molecule has 1 N–H and O–H groups in total. The maximum Gasteiger partial charge on any atom is 0.234 e. The zero-order chi connectivity index (χ0) is 22.8. The molecule has 1 aliphatic heterocycles. The van der Waals surface area contributed by atoms with Gasteiger partial charge in [0.25, 0.3) is 0 Å². The van der Waals surface area contributed by atoms with Crippen molar-refractivity contribution in [3.63, 3.8) is 0 Å². The number of amides is 1. The monoisotopic (exact) mass is 454 g/mol. The van der Waals surface area contributed by atoms with Gasteiger partial charge < -0.3 is 0 Å². The second-order valence-corrected chi connectivity index (χ2v) is 10.5. The Morgan fingerprint density at radius 2 is 1.42 bits per heavy atom. The maximum absolute atomic E-state index is 11.8. The Bertz CT molecular complexity index is 687. The van der Waals surface area contributed by atoms with E-state index in [1.807, 2.05) is 6.92 Å². The number of carbonyl (C=O) groups excluding carboxylic acids is 1. The molecule has 0 atom stereocenters. The number of hydrogen-bond acceptors (Lipinski definition) is 6. The Morgan fingerprint density at radius 1 is 0.871 bits per heavy atom. The van der Waals surface area contributed by atoms with Gasteiger partial charge in [-0.05, 0) is 44.3 Å². The summed E-state index contributed by atoms with van der Waals surface area (Å²) in [5, 5.41) is 11.5. The zero-order valence-corrected chi connectivity index (χ0v) is 20.2. The number of carbonyl (C=O) groups is 1. The number of hydrogen-bond donors (Lipinski definition) is 1. The van der Waals surface area contributed by atoms with Gasteiger partial charge in [0.15, 0.2) is 0 Å². The van der Waals surface area contributed by atoms with Gasteiger partial charge in [-0.1, -0.05) is 69.8 Å². The molecule has 0 bridgehead atoms. The van der Waals surface area contributed by atoms with Crippen LogP contribution in [0.25, 0.3) is 0 Å². The van der Waals surface area contributed by atoms with Crippen LogP contribution >= 0.6 is 0 Å². The lowest BCUT2D eigenvalue weighted by Gasteiger charge is -2.07.